The molecule has 0 unspecified atom stereocenters. The summed E-state index contributed by atoms with van der Waals surface area (Å²) in [5.41, 5.74) is 10.2. The Bertz CT molecular complexity index is 817. The lowest BCUT2D eigenvalue weighted by molar-refractivity contribution is 0.466. The minimum absolute atomic E-state index is 0.196. The third-order valence-corrected chi connectivity index (χ3v) is 4.90. The zero-order valence-corrected chi connectivity index (χ0v) is 16.0. The lowest BCUT2D eigenvalue weighted by Crippen LogP contribution is -2.42. The van der Waals surface area contributed by atoms with Gasteiger partial charge in [0.2, 0.25) is 0 Å². The van der Waals surface area contributed by atoms with E-state index in [0.717, 1.165) is 39.9 Å². The summed E-state index contributed by atoms with van der Waals surface area (Å²) in [6.45, 7) is 5.63. The Hall–Kier alpha value is -1.72. The average Bonchev–Trinajstić information content (AvgIpc) is 3.05. The second-order valence-electron chi connectivity index (χ2n) is 6.83. The van der Waals surface area contributed by atoms with Gasteiger partial charge in [0.15, 0.2) is 0 Å². The van der Waals surface area contributed by atoms with Crippen molar-refractivity contribution in [1.29, 1.82) is 0 Å². The van der Waals surface area contributed by atoms with E-state index < -0.39 is 0 Å². The molecule has 0 bridgehead atoms. The molecule has 5 heteroatoms. The molecule has 0 spiro atoms. The first-order chi connectivity index (χ1) is 11.9. The van der Waals surface area contributed by atoms with Crippen molar-refractivity contribution < 1.29 is 0 Å². The number of benzene rings is 2. The molecule has 0 atom stereocenters. The van der Waals surface area contributed by atoms with Crippen LogP contribution in [0.5, 0.6) is 0 Å². The number of aromatic nitrogens is 1. The third-order valence-electron chi connectivity index (χ3n) is 3.75. The van der Waals surface area contributed by atoms with Crippen LogP contribution in [0.4, 0.5) is 0 Å². The van der Waals surface area contributed by atoms with E-state index in [1.807, 2.05) is 38.1 Å². The number of nitrogens with zero attached hydrogens (tertiary/aromatic N) is 1. The molecule has 2 aromatic carbocycles. The molecule has 0 aliphatic carbocycles. The maximum absolute atomic E-state index is 5.98. The number of hydrogen-bond donors (Lipinski definition) is 2. The number of hydrogen-bond acceptors (Lipinski definition) is 4. The van der Waals surface area contributed by atoms with E-state index in [2.05, 4.69) is 35.0 Å². The molecule has 1 aromatic heterocycles. The van der Waals surface area contributed by atoms with Gasteiger partial charge in [-0.1, -0.05) is 48.0 Å². The fourth-order valence-electron chi connectivity index (χ4n) is 2.45. The molecule has 0 aliphatic heterocycles. The molecule has 0 saturated heterocycles. The SMILES string of the molecule is CC(C)(N)CNCc1ccc(-c2csc(-c3ccc(Cl)cc3)n2)cc1. The van der Waals surface area contributed by atoms with E-state index in [1.165, 1.54) is 5.56 Å². The molecular formula is C20H22ClN3S. The highest BCUT2D eigenvalue weighted by Gasteiger charge is 2.10. The van der Waals surface area contributed by atoms with Crippen LogP contribution in [0.15, 0.2) is 53.9 Å². The van der Waals surface area contributed by atoms with Gasteiger partial charge in [0, 0.05) is 40.2 Å². The van der Waals surface area contributed by atoms with E-state index in [0.29, 0.717) is 0 Å². The van der Waals surface area contributed by atoms with Gasteiger partial charge >= 0.3 is 0 Å². The van der Waals surface area contributed by atoms with E-state index in [4.69, 9.17) is 22.3 Å². The van der Waals surface area contributed by atoms with Gasteiger partial charge in [-0.05, 0) is 31.5 Å². The predicted molar refractivity (Wildman–Crippen MR) is 108 cm³/mol. The van der Waals surface area contributed by atoms with Crippen molar-refractivity contribution in [2.75, 3.05) is 6.54 Å². The third kappa shape index (κ3) is 5.13. The van der Waals surface area contributed by atoms with Gasteiger partial charge < -0.3 is 11.1 Å². The average molecular weight is 372 g/mol. The molecule has 0 fully saturated rings. The molecule has 130 valence electrons. The van der Waals surface area contributed by atoms with Crippen molar-refractivity contribution in [2.24, 2.45) is 5.73 Å². The summed E-state index contributed by atoms with van der Waals surface area (Å²) in [4.78, 5) is 4.75. The first-order valence-corrected chi connectivity index (χ1v) is 9.47. The minimum Gasteiger partial charge on any atom is -0.324 e. The van der Waals surface area contributed by atoms with E-state index >= 15 is 0 Å². The summed E-state index contributed by atoms with van der Waals surface area (Å²) >= 11 is 7.59. The summed E-state index contributed by atoms with van der Waals surface area (Å²) < 4.78 is 0. The molecule has 0 radical (unpaired) electrons. The normalized spacial score (nSPS) is 11.7. The Kier molecular flexibility index (Phi) is 5.54. The Morgan fingerprint density at radius 2 is 1.68 bits per heavy atom. The molecule has 0 saturated carbocycles. The molecule has 25 heavy (non-hydrogen) atoms. The highest BCUT2D eigenvalue weighted by molar-refractivity contribution is 7.13. The maximum Gasteiger partial charge on any atom is 0.124 e. The number of halogens is 1. The van der Waals surface area contributed by atoms with Crippen molar-refractivity contribution in [1.82, 2.24) is 10.3 Å². The van der Waals surface area contributed by atoms with Crippen LogP contribution in [-0.2, 0) is 6.54 Å². The van der Waals surface area contributed by atoms with Crippen LogP contribution in [0.1, 0.15) is 19.4 Å². The Balaban J connectivity index is 1.67. The van der Waals surface area contributed by atoms with Crippen LogP contribution in [0.3, 0.4) is 0 Å². The molecule has 3 aromatic rings. The van der Waals surface area contributed by atoms with Crippen LogP contribution < -0.4 is 11.1 Å². The molecule has 3 nitrogen and oxygen atoms in total. The van der Waals surface area contributed by atoms with Gasteiger partial charge in [-0.15, -0.1) is 11.3 Å². The number of nitrogens with two attached hydrogens (primary N) is 1. The molecule has 0 aliphatic rings. The summed E-state index contributed by atoms with van der Waals surface area (Å²) in [5, 5.41) is 7.21. The monoisotopic (exact) mass is 371 g/mol. The highest BCUT2D eigenvalue weighted by atomic mass is 35.5. The van der Waals surface area contributed by atoms with Crippen LogP contribution in [0.2, 0.25) is 5.02 Å². The first kappa shape index (κ1) is 18.1. The maximum atomic E-state index is 5.98. The van der Waals surface area contributed by atoms with Crippen molar-refractivity contribution in [3.63, 3.8) is 0 Å². The zero-order chi connectivity index (χ0) is 17.9. The van der Waals surface area contributed by atoms with Gasteiger partial charge in [0.1, 0.15) is 5.01 Å². The van der Waals surface area contributed by atoms with E-state index in [1.54, 1.807) is 11.3 Å². The Morgan fingerprint density at radius 3 is 2.32 bits per heavy atom. The quantitative estimate of drug-likeness (QED) is 0.644. The molecule has 3 N–H and O–H groups in total. The van der Waals surface area contributed by atoms with Crippen molar-refractivity contribution in [3.8, 4) is 21.8 Å². The molecule has 0 amide bonds. The first-order valence-electron chi connectivity index (χ1n) is 8.21. The standard InChI is InChI=1S/C20H22ClN3S/c1-20(2,22)13-23-11-14-3-5-15(6-4-14)18-12-25-19(24-18)16-7-9-17(21)10-8-16/h3-10,12,23H,11,13,22H2,1-2H3. The lowest BCUT2D eigenvalue weighted by atomic mass is 10.1. The summed E-state index contributed by atoms with van der Waals surface area (Å²) in [6, 6.07) is 16.3. The van der Waals surface area contributed by atoms with E-state index in [9.17, 15) is 0 Å². The zero-order valence-electron chi connectivity index (χ0n) is 14.4. The smallest absolute Gasteiger partial charge is 0.124 e. The van der Waals surface area contributed by atoms with Crippen molar-refractivity contribution in [2.45, 2.75) is 25.9 Å². The summed E-state index contributed by atoms with van der Waals surface area (Å²) in [7, 11) is 0. The minimum atomic E-state index is -0.196. The number of rotatable bonds is 6. The fourth-order valence-corrected chi connectivity index (χ4v) is 3.42. The van der Waals surface area contributed by atoms with Crippen LogP contribution in [0, 0.1) is 0 Å². The summed E-state index contributed by atoms with van der Waals surface area (Å²) in [5.74, 6) is 0. The van der Waals surface area contributed by atoms with Crippen LogP contribution in [0.25, 0.3) is 21.8 Å². The Morgan fingerprint density at radius 1 is 1.04 bits per heavy atom. The second kappa shape index (κ2) is 7.67. The second-order valence-corrected chi connectivity index (χ2v) is 8.13. The van der Waals surface area contributed by atoms with Gasteiger partial charge in [-0.2, -0.15) is 0 Å². The Labute approximate surface area is 157 Å². The number of thiazole rings is 1. The topological polar surface area (TPSA) is 50.9 Å². The van der Waals surface area contributed by atoms with Crippen molar-refractivity contribution >= 4 is 22.9 Å². The van der Waals surface area contributed by atoms with Gasteiger partial charge in [-0.3, -0.25) is 0 Å². The molecule has 3 rings (SSSR count). The lowest BCUT2D eigenvalue weighted by Gasteiger charge is -2.19. The fraction of sp³-hybridized carbons (Fsp3) is 0.250. The van der Waals surface area contributed by atoms with Crippen LogP contribution in [-0.4, -0.2) is 17.1 Å². The molecular weight excluding hydrogens is 350 g/mol. The predicted octanol–water partition coefficient (Wildman–Crippen LogP) is 4.96. The molecule has 1 heterocycles. The van der Waals surface area contributed by atoms with Gasteiger partial charge in [0.05, 0.1) is 5.69 Å². The van der Waals surface area contributed by atoms with Crippen LogP contribution >= 0.6 is 22.9 Å². The largest absolute Gasteiger partial charge is 0.324 e. The van der Waals surface area contributed by atoms with Crippen molar-refractivity contribution in [3.05, 3.63) is 64.5 Å². The van der Waals surface area contributed by atoms with E-state index in [-0.39, 0.29) is 5.54 Å². The van der Waals surface area contributed by atoms with Gasteiger partial charge in [0.25, 0.3) is 0 Å². The number of nitrogens with one attached hydrogen (secondary N) is 1. The summed E-state index contributed by atoms with van der Waals surface area (Å²) in [6.07, 6.45) is 0. The van der Waals surface area contributed by atoms with Gasteiger partial charge in [-0.25, -0.2) is 4.98 Å². The highest BCUT2D eigenvalue weighted by Crippen LogP contribution is 2.29.